The van der Waals surface area contributed by atoms with Crippen molar-refractivity contribution in [3.63, 3.8) is 0 Å². The van der Waals surface area contributed by atoms with Gasteiger partial charge in [0, 0.05) is 15.1 Å². The highest BCUT2D eigenvalue weighted by Crippen LogP contribution is 2.27. The number of hydrogen-bond acceptors (Lipinski definition) is 4. The van der Waals surface area contributed by atoms with E-state index in [9.17, 15) is 4.79 Å². The van der Waals surface area contributed by atoms with Gasteiger partial charge in [0.25, 0.3) is 0 Å². The zero-order chi connectivity index (χ0) is 17.1. The Hall–Kier alpha value is -2.11. The number of benzene rings is 2. The lowest BCUT2D eigenvalue weighted by atomic mass is 10.1. The summed E-state index contributed by atoms with van der Waals surface area (Å²) in [5, 5.41) is 4.22. The third kappa shape index (κ3) is 3.86. The molecule has 2 aromatic carbocycles. The third-order valence-corrected chi connectivity index (χ3v) is 4.22. The molecule has 0 spiro atoms. The molecule has 6 heteroatoms. The van der Waals surface area contributed by atoms with Crippen LogP contribution in [0.4, 0.5) is 0 Å². The minimum atomic E-state index is -0.480. The van der Waals surface area contributed by atoms with Gasteiger partial charge in [-0.3, -0.25) is 0 Å². The highest BCUT2D eigenvalue weighted by Gasteiger charge is 2.22. The van der Waals surface area contributed by atoms with Gasteiger partial charge in [-0.05, 0) is 48.9 Å². The smallest absolute Gasteiger partial charge is 0.367 e. The van der Waals surface area contributed by atoms with E-state index >= 15 is 0 Å². The van der Waals surface area contributed by atoms with Crippen LogP contribution in [0.25, 0.3) is 6.08 Å². The summed E-state index contributed by atoms with van der Waals surface area (Å²) in [6.07, 6.45) is 1.68. The summed E-state index contributed by atoms with van der Waals surface area (Å²) in [6.45, 7) is 2.12. The Morgan fingerprint density at radius 2 is 2.00 bits per heavy atom. The average molecular weight is 407 g/mol. The number of hydrogen-bond donors (Lipinski definition) is 0. The predicted octanol–water partition coefficient (Wildman–Crippen LogP) is 5.00. The lowest BCUT2D eigenvalue weighted by molar-refractivity contribution is -0.136. The minimum Gasteiger partial charge on any atom is -0.488 e. The fourth-order valence-electron chi connectivity index (χ4n) is 2.18. The quantitative estimate of drug-likeness (QED) is 0.530. The molecule has 0 aromatic heterocycles. The first-order valence-electron chi connectivity index (χ1n) is 7.18. The zero-order valence-corrected chi connectivity index (χ0v) is 15.1. The Balaban J connectivity index is 1.86. The van der Waals surface area contributed by atoms with E-state index in [-0.39, 0.29) is 0 Å². The molecule has 0 atom stereocenters. The molecule has 0 saturated heterocycles. The Kier molecular flexibility index (Phi) is 5.02. The van der Waals surface area contributed by atoms with Gasteiger partial charge in [-0.2, -0.15) is 0 Å². The lowest BCUT2D eigenvalue weighted by Crippen LogP contribution is -2.03. The van der Waals surface area contributed by atoms with E-state index in [2.05, 4.69) is 25.9 Å². The molecule has 2 aromatic rings. The molecule has 0 amide bonds. The van der Waals surface area contributed by atoms with E-state index in [1.54, 1.807) is 31.2 Å². The largest absolute Gasteiger partial charge is 0.488 e. The number of ether oxygens (including phenoxy) is 1. The van der Waals surface area contributed by atoms with E-state index in [0.717, 1.165) is 10.0 Å². The SMILES string of the molecule is CC1=NOC(=O)/C1=C/c1cc(Cl)ccc1OCc1ccc(Br)cc1. The number of carbonyl (C=O) groups excluding carboxylic acids is 1. The zero-order valence-electron chi connectivity index (χ0n) is 12.8. The maximum absolute atomic E-state index is 11.7. The Labute approximate surface area is 152 Å². The molecule has 0 aliphatic carbocycles. The van der Waals surface area contributed by atoms with Crippen molar-refractivity contribution in [3.05, 3.63) is 68.7 Å². The average Bonchev–Trinajstić information content (AvgIpc) is 2.88. The summed E-state index contributed by atoms with van der Waals surface area (Å²) in [5.41, 5.74) is 2.65. The van der Waals surface area contributed by atoms with E-state index in [4.69, 9.17) is 16.3 Å². The fraction of sp³-hybridized carbons (Fsp3) is 0.111. The van der Waals surface area contributed by atoms with Gasteiger partial charge >= 0.3 is 5.97 Å². The molecule has 0 radical (unpaired) electrons. The number of oxime groups is 1. The topological polar surface area (TPSA) is 47.9 Å². The van der Waals surface area contributed by atoms with Crippen LogP contribution in [-0.4, -0.2) is 11.7 Å². The Morgan fingerprint density at radius 3 is 2.67 bits per heavy atom. The molecule has 0 bridgehead atoms. The van der Waals surface area contributed by atoms with Crippen LogP contribution in [0.1, 0.15) is 18.1 Å². The second kappa shape index (κ2) is 7.20. The van der Waals surface area contributed by atoms with E-state index in [1.165, 1.54) is 0 Å². The van der Waals surface area contributed by atoms with Crippen molar-refractivity contribution in [3.8, 4) is 5.75 Å². The van der Waals surface area contributed by atoms with Crippen LogP contribution in [0.15, 0.2) is 57.7 Å². The molecule has 0 unspecified atom stereocenters. The number of rotatable bonds is 4. The molecule has 0 saturated carbocycles. The van der Waals surface area contributed by atoms with Crippen molar-refractivity contribution in [2.24, 2.45) is 5.16 Å². The Morgan fingerprint density at radius 1 is 1.25 bits per heavy atom. The summed E-state index contributed by atoms with van der Waals surface area (Å²) in [5.74, 6) is 0.147. The summed E-state index contributed by atoms with van der Waals surface area (Å²) < 4.78 is 6.90. The van der Waals surface area contributed by atoms with Crippen molar-refractivity contribution in [2.75, 3.05) is 0 Å². The van der Waals surface area contributed by atoms with Gasteiger partial charge in [0.1, 0.15) is 12.4 Å². The monoisotopic (exact) mass is 405 g/mol. The molecule has 4 nitrogen and oxygen atoms in total. The molecule has 0 fully saturated rings. The molecule has 0 N–H and O–H groups in total. The second-order valence-electron chi connectivity index (χ2n) is 5.21. The minimum absolute atomic E-state index is 0.394. The molecule has 122 valence electrons. The van der Waals surface area contributed by atoms with Crippen LogP contribution in [0.3, 0.4) is 0 Å². The van der Waals surface area contributed by atoms with Crippen LogP contribution >= 0.6 is 27.5 Å². The van der Waals surface area contributed by atoms with Crippen molar-refractivity contribution in [1.29, 1.82) is 0 Å². The van der Waals surface area contributed by atoms with Gasteiger partial charge in [0.05, 0.1) is 11.3 Å². The highest BCUT2D eigenvalue weighted by molar-refractivity contribution is 9.10. The van der Waals surface area contributed by atoms with Gasteiger partial charge in [-0.1, -0.05) is 44.8 Å². The third-order valence-electron chi connectivity index (χ3n) is 3.45. The summed E-state index contributed by atoms with van der Waals surface area (Å²) in [6, 6.07) is 13.1. The molecule has 1 heterocycles. The number of nitrogens with zero attached hydrogens (tertiary/aromatic N) is 1. The predicted molar refractivity (Wildman–Crippen MR) is 97.1 cm³/mol. The number of halogens is 2. The second-order valence-corrected chi connectivity index (χ2v) is 6.56. The van der Waals surface area contributed by atoms with Crippen LogP contribution < -0.4 is 4.74 Å². The molecule has 1 aliphatic heterocycles. The van der Waals surface area contributed by atoms with Gasteiger partial charge in [-0.15, -0.1) is 0 Å². The Bertz CT molecular complexity index is 844. The van der Waals surface area contributed by atoms with Gasteiger partial charge in [0.15, 0.2) is 0 Å². The normalized spacial score (nSPS) is 15.4. The van der Waals surface area contributed by atoms with E-state index in [0.29, 0.717) is 34.2 Å². The first-order valence-corrected chi connectivity index (χ1v) is 8.35. The standard InChI is InChI=1S/C18H13BrClNO3/c1-11-16(18(22)24-21-11)9-13-8-15(20)6-7-17(13)23-10-12-2-4-14(19)5-3-12/h2-9H,10H2,1H3/b16-9+. The maximum atomic E-state index is 11.7. The van der Waals surface area contributed by atoms with Crippen LogP contribution in [0, 0.1) is 0 Å². The first-order chi connectivity index (χ1) is 11.5. The van der Waals surface area contributed by atoms with Crippen LogP contribution in [0.2, 0.25) is 5.02 Å². The lowest BCUT2D eigenvalue weighted by Gasteiger charge is -2.10. The van der Waals surface area contributed by atoms with E-state index < -0.39 is 5.97 Å². The van der Waals surface area contributed by atoms with Gasteiger partial charge < -0.3 is 9.57 Å². The molecule has 24 heavy (non-hydrogen) atoms. The maximum Gasteiger partial charge on any atom is 0.367 e. The fourth-order valence-corrected chi connectivity index (χ4v) is 2.62. The van der Waals surface area contributed by atoms with Crippen molar-refractivity contribution in [2.45, 2.75) is 13.5 Å². The first kappa shape index (κ1) is 16.7. The van der Waals surface area contributed by atoms with Gasteiger partial charge in [0.2, 0.25) is 0 Å². The summed E-state index contributed by atoms with van der Waals surface area (Å²) >= 11 is 9.48. The molecular weight excluding hydrogens is 394 g/mol. The van der Waals surface area contributed by atoms with Gasteiger partial charge in [-0.25, -0.2) is 4.79 Å². The molecule has 1 aliphatic rings. The highest BCUT2D eigenvalue weighted by atomic mass is 79.9. The van der Waals surface area contributed by atoms with Crippen molar-refractivity contribution in [1.82, 2.24) is 0 Å². The van der Waals surface area contributed by atoms with Crippen molar-refractivity contribution < 1.29 is 14.4 Å². The van der Waals surface area contributed by atoms with E-state index in [1.807, 2.05) is 24.3 Å². The van der Waals surface area contributed by atoms with Crippen LogP contribution in [0.5, 0.6) is 5.75 Å². The summed E-state index contributed by atoms with van der Waals surface area (Å²) in [7, 11) is 0. The molecule has 3 rings (SSSR count). The number of carbonyl (C=O) groups is 1. The molecular formula is C18H13BrClNO3. The van der Waals surface area contributed by atoms with Crippen molar-refractivity contribution >= 4 is 45.3 Å². The van der Waals surface area contributed by atoms with Crippen LogP contribution in [-0.2, 0) is 16.2 Å². The summed E-state index contributed by atoms with van der Waals surface area (Å²) in [4.78, 5) is 16.4.